The van der Waals surface area contributed by atoms with Crippen molar-refractivity contribution in [3.8, 4) is 0 Å². The van der Waals surface area contributed by atoms with Crippen LogP contribution in [0.5, 0.6) is 0 Å². The van der Waals surface area contributed by atoms with E-state index in [-0.39, 0.29) is 17.7 Å². The maximum atomic E-state index is 12.4. The summed E-state index contributed by atoms with van der Waals surface area (Å²) in [6, 6.07) is 0. The fourth-order valence-electron chi connectivity index (χ4n) is 0.979. The first-order valence-electron chi connectivity index (χ1n) is 3.56. The molecule has 0 aliphatic heterocycles. The van der Waals surface area contributed by atoms with Gasteiger partial charge in [0.1, 0.15) is 5.69 Å². The number of carbonyl (C=O) groups is 1. The van der Waals surface area contributed by atoms with Crippen molar-refractivity contribution in [2.45, 2.75) is 13.3 Å². The third-order valence-corrected chi connectivity index (χ3v) is 1.72. The SMILES string of the molecule is Cc1cnc(C=O)c(C(F)F)c1N. The van der Waals surface area contributed by atoms with Crippen molar-refractivity contribution in [1.29, 1.82) is 0 Å². The minimum absolute atomic E-state index is 0.0629. The van der Waals surface area contributed by atoms with Crippen LogP contribution in [0.2, 0.25) is 0 Å². The number of pyridine rings is 1. The van der Waals surface area contributed by atoms with Crippen molar-refractivity contribution in [1.82, 2.24) is 4.98 Å². The van der Waals surface area contributed by atoms with Crippen LogP contribution in [0, 0.1) is 6.92 Å². The van der Waals surface area contributed by atoms with Crippen molar-refractivity contribution in [2.75, 3.05) is 5.73 Å². The number of alkyl halides is 2. The highest BCUT2D eigenvalue weighted by atomic mass is 19.3. The largest absolute Gasteiger partial charge is 0.398 e. The van der Waals surface area contributed by atoms with Crippen LogP contribution in [0.15, 0.2) is 6.20 Å². The maximum Gasteiger partial charge on any atom is 0.268 e. The molecule has 1 aromatic heterocycles. The van der Waals surface area contributed by atoms with Crippen molar-refractivity contribution >= 4 is 12.0 Å². The molecule has 13 heavy (non-hydrogen) atoms. The molecule has 3 nitrogen and oxygen atoms in total. The highest BCUT2D eigenvalue weighted by Gasteiger charge is 2.18. The van der Waals surface area contributed by atoms with Crippen LogP contribution in [-0.4, -0.2) is 11.3 Å². The highest BCUT2D eigenvalue weighted by molar-refractivity contribution is 5.78. The van der Waals surface area contributed by atoms with E-state index >= 15 is 0 Å². The van der Waals surface area contributed by atoms with Gasteiger partial charge >= 0.3 is 0 Å². The molecule has 0 amide bonds. The van der Waals surface area contributed by atoms with Gasteiger partial charge in [0, 0.05) is 11.9 Å². The van der Waals surface area contributed by atoms with E-state index in [0.29, 0.717) is 5.56 Å². The van der Waals surface area contributed by atoms with Gasteiger partial charge in [-0.25, -0.2) is 8.78 Å². The Kier molecular flexibility index (Phi) is 2.55. The third-order valence-electron chi connectivity index (χ3n) is 1.72. The minimum atomic E-state index is -2.77. The molecule has 0 aliphatic carbocycles. The summed E-state index contributed by atoms with van der Waals surface area (Å²) in [5, 5.41) is 0. The standard InChI is InChI=1S/C8H8F2N2O/c1-4-2-12-5(3-13)6(7(4)11)8(9)10/h2-3,8H,1H3,(H2,11,12). The van der Waals surface area contributed by atoms with Gasteiger partial charge in [0.25, 0.3) is 6.43 Å². The van der Waals surface area contributed by atoms with Gasteiger partial charge in [0.2, 0.25) is 0 Å². The molecular weight excluding hydrogens is 178 g/mol. The Hall–Kier alpha value is -1.52. The predicted octanol–water partition coefficient (Wildman–Crippen LogP) is 1.72. The number of carbonyl (C=O) groups excluding carboxylic acids is 1. The number of aldehydes is 1. The number of aryl methyl sites for hydroxylation is 1. The van der Waals surface area contributed by atoms with Crippen molar-refractivity contribution in [3.63, 3.8) is 0 Å². The van der Waals surface area contributed by atoms with Crippen molar-refractivity contribution < 1.29 is 13.6 Å². The quantitative estimate of drug-likeness (QED) is 0.715. The zero-order chi connectivity index (χ0) is 10.0. The van der Waals surface area contributed by atoms with Crippen LogP contribution in [0.1, 0.15) is 28.0 Å². The Balaban J connectivity index is 3.41. The smallest absolute Gasteiger partial charge is 0.268 e. The number of nitrogens with zero attached hydrogens (tertiary/aromatic N) is 1. The van der Waals surface area contributed by atoms with E-state index in [1.165, 1.54) is 6.20 Å². The lowest BCUT2D eigenvalue weighted by molar-refractivity contribution is 0.110. The van der Waals surface area contributed by atoms with Gasteiger partial charge in [-0.2, -0.15) is 0 Å². The van der Waals surface area contributed by atoms with E-state index in [9.17, 15) is 13.6 Å². The lowest BCUT2D eigenvalue weighted by Gasteiger charge is -2.08. The number of nitrogens with two attached hydrogens (primary N) is 1. The molecule has 5 heteroatoms. The summed E-state index contributed by atoms with van der Waals surface area (Å²) < 4.78 is 24.8. The second kappa shape index (κ2) is 3.47. The zero-order valence-corrected chi connectivity index (χ0v) is 6.92. The normalized spacial score (nSPS) is 10.5. The van der Waals surface area contributed by atoms with Gasteiger partial charge in [-0.15, -0.1) is 0 Å². The summed E-state index contributed by atoms with van der Waals surface area (Å²) in [7, 11) is 0. The van der Waals surface area contributed by atoms with E-state index in [4.69, 9.17) is 5.73 Å². The average molecular weight is 186 g/mol. The number of rotatable bonds is 2. The number of hydrogen-bond acceptors (Lipinski definition) is 3. The third kappa shape index (κ3) is 1.63. The first-order chi connectivity index (χ1) is 6.07. The van der Waals surface area contributed by atoms with Crippen LogP contribution >= 0.6 is 0 Å². The van der Waals surface area contributed by atoms with E-state index in [1.807, 2.05) is 0 Å². The van der Waals surface area contributed by atoms with Crippen LogP contribution in [-0.2, 0) is 0 Å². The molecule has 0 bridgehead atoms. The molecule has 1 aromatic rings. The molecule has 0 aromatic carbocycles. The maximum absolute atomic E-state index is 12.4. The van der Waals surface area contributed by atoms with Gasteiger partial charge in [-0.3, -0.25) is 9.78 Å². The Morgan fingerprint density at radius 3 is 2.69 bits per heavy atom. The molecule has 0 radical (unpaired) electrons. The molecule has 1 rings (SSSR count). The minimum Gasteiger partial charge on any atom is -0.398 e. The lowest BCUT2D eigenvalue weighted by atomic mass is 10.1. The summed E-state index contributed by atoms with van der Waals surface area (Å²) in [4.78, 5) is 13.9. The Bertz CT molecular complexity index is 339. The Morgan fingerprint density at radius 1 is 1.62 bits per heavy atom. The van der Waals surface area contributed by atoms with Gasteiger partial charge in [0.15, 0.2) is 6.29 Å². The van der Waals surface area contributed by atoms with Crippen LogP contribution < -0.4 is 5.73 Å². The summed E-state index contributed by atoms with van der Waals surface area (Å²) in [5.74, 6) is 0. The van der Waals surface area contributed by atoms with E-state index in [0.717, 1.165) is 0 Å². The van der Waals surface area contributed by atoms with Gasteiger partial charge < -0.3 is 5.73 Å². The first kappa shape index (κ1) is 9.57. The molecule has 0 spiro atoms. The summed E-state index contributed by atoms with van der Waals surface area (Å²) in [5.41, 5.74) is 4.99. The molecular formula is C8H8F2N2O. The number of aromatic nitrogens is 1. The van der Waals surface area contributed by atoms with Crippen LogP contribution in [0.25, 0.3) is 0 Å². The molecule has 0 saturated heterocycles. The fraction of sp³-hybridized carbons (Fsp3) is 0.250. The monoisotopic (exact) mass is 186 g/mol. The molecule has 1 heterocycles. The molecule has 0 saturated carbocycles. The second-order valence-corrected chi connectivity index (χ2v) is 2.57. The number of halogens is 2. The second-order valence-electron chi connectivity index (χ2n) is 2.57. The summed E-state index contributed by atoms with van der Waals surface area (Å²) >= 11 is 0. The molecule has 70 valence electrons. The van der Waals surface area contributed by atoms with Crippen molar-refractivity contribution in [2.24, 2.45) is 0 Å². The first-order valence-corrected chi connectivity index (χ1v) is 3.56. The number of hydrogen-bond donors (Lipinski definition) is 1. The van der Waals surface area contributed by atoms with Gasteiger partial charge in [0.05, 0.1) is 5.56 Å². The Labute approximate surface area is 73.6 Å². The number of anilines is 1. The lowest BCUT2D eigenvalue weighted by Crippen LogP contribution is -2.04. The molecule has 0 aliphatic rings. The summed E-state index contributed by atoms with van der Waals surface area (Å²) in [6.45, 7) is 1.56. The van der Waals surface area contributed by atoms with Crippen LogP contribution in [0.4, 0.5) is 14.5 Å². The van der Waals surface area contributed by atoms with E-state index < -0.39 is 12.0 Å². The Morgan fingerprint density at radius 2 is 2.23 bits per heavy atom. The average Bonchev–Trinajstić information content (AvgIpc) is 2.08. The van der Waals surface area contributed by atoms with Gasteiger partial charge in [-0.1, -0.05) is 0 Å². The number of nitrogen functional groups attached to an aromatic ring is 1. The van der Waals surface area contributed by atoms with E-state index in [2.05, 4.69) is 4.98 Å². The van der Waals surface area contributed by atoms with Gasteiger partial charge in [-0.05, 0) is 12.5 Å². The van der Waals surface area contributed by atoms with Crippen molar-refractivity contribution in [3.05, 3.63) is 23.0 Å². The molecule has 0 unspecified atom stereocenters. The molecule has 0 fully saturated rings. The fourth-order valence-corrected chi connectivity index (χ4v) is 0.979. The highest BCUT2D eigenvalue weighted by Crippen LogP contribution is 2.28. The topological polar surface area (TPSA) is 56.0 Å². The zero-order valence-electron chi connectivity index (χ0n) is 6.92. The summed E-state index contributed by atoms with van der Waals surface area (Å²) in [6.07, 6.45) is -1.20. The van der Waals surface area contributed by atoms with Crippen LogP contribution in [0.3, 0.4) is 0 Å². The molecule has 2 N–H and O–H groups in total. The molecule has 0 atom stereocenters. The van der Waals surface area contributed by atoms with E-state index in [1.54, 1.807) is 6.92 Å². The predicted molar refractivity (Wildman–Crippen MR) is 43.7 cm³/mol.